The first-order chi connectivity index (χ1) is 11.4. The van der Waals surface area contributed by atoms with Crippen LogP contribution in [-0.2, 0) is 19.0 Å². The van der Waals surface area contributed by atoms with E-state index in [2.05, 4.69) is 15.0 Å². The lowest BCUT2D eigenvalue weighted by Crippen LogP contribution is -2.37. The second-order valence-electron chi connectivity index (χ2n) is 5.21. The van der Waals surface area contributed by atoms with Crippen LogP contribution in [0.25, 0.3) is 11.2 Å². The smallest absolute Gasteiger partial charge is 0.264 e. The molecule has 0 radical (unpaired) electrons. The van der Waals surface area contributed by atoms with Crippen LogP contribution < -0.4 is 0 Å². The van der Waals surface area contributed by atoms with Crippen LogP contribution in [0.1, 0.15) is 6.23 Å². The van der Waals surface area contributed by atoms with Crippen LogP contribution in [0.15, 0.2) is 17.7 Å². The van der Waals surface area contributed by atoms with Gasteiger partial charge in [-0.05, 0) is 6.26 Å². The van der Waals surface area contributed by atoms with E-state index in [1.807, 2.05) is 6.26 Å². The van der Waals surface area contributed by atoms with Crippen molar-refractivity contribution in [2.45, 2.75) is 29.6 Å². The summed E-state index contributed by atoms with van der Waals surface area (Å²) >= 11 is 1.39. The minimum Gasteiger partial charge on any atom is -0.394 e. The van der Waals surface area contributed by atoms with Crippen molar-refractivity contribution in [1.82, 2.24) is 19.5 Å². The molecule has 0 saturated carbocycles. The maximum absolute atomic E-state index is 11.4. The van der Waals surface area contributed by atoms with E-state index in [0.717, 1.165) is 6.26 Å². The van der Waals surface area contributed by atoms with E-state index in [9.17, 15) is 18.6 Å². The average Bonchev–Trinajstić information content (AvgIpc) is 3.08. The molecular weight excluding hydrogens is 360 g/mol. The van der Waals surface area contributed by atoms with Gasteiger partial charge in [0.1, 0.15) is 35.2 Å². The van der Waals surface area contributed by atoms with E-state index in [0.29, 0.717) is 16.2 Å². The Balaban J connectivity index is 1.98. The van der Waals surface area contributed by atoms with Crippen LogP contribution in [0.2, 0.25) is 0 Å². The van der Waals surface area contributed by atoms with Crippen molar-refractivity contribution in [3.05, 3.63) is 12.7 Å². The predicted octanol–water partition coefficient (Wildman–Crippen LogP) is -0.856. The van der Waals surface area contributed by atoms with Crippen molar-refractivity contribution in [2.24, 2.45) is 0 Å². The lowest BCUT2D eigenvalue weighted by Gasteiger charge is -2.18. The number of rotatable bonds is 5. The third-order valence-corrected chi connectivity index (χ3v) is 4.83. The summed E-state index contributed by atoms with van der Waals surface area (Å²) in [6.45, 7) is -0.509. The summed E-state index contributed by atoms with van der Waals surface area (Å²) in [5.74, 6) is 0. The number of thioether (sulfide) groups is 1. The zero-order valence-corrected chi connectivity index (χ0v) is 14.4. The molecule has 0 spiro atoms. The highest BCUT2D eigenvalue weighted by atomic mass is 32.2. The fourth-order valence-electron chi connectivity index (χ4n) is 2.58. The minimum atomic E-state index is -3.83. The van der Waals surface area contributed by atoms with Gasteiger partial charge >= 0.3 is 0 Å². The molecule has 2 aromatic heterocycles. The van der Waals surface area contributed by atoms with Crippen LogP contribution in [0.3, 0.4) is 0 Å². The van der Waals surface area contributed by atoms with Crippen molar-refractivity contribution in [3.8, 4) is 0 Å². The number of hydrogen-bond acceptors (Lipinski definition) is 10. The van der Waals surface area contributed by atoms with Gasteiger partial charge in [-0.15, -0.1) is 11.8 Å². The molecule has 3 heterocycles. The van der Waals surface area contributed by atoms with Crippen molar-refractivity contribution in [2.75, 3.05) is 19.1 Å². The Labute approximate surface area is 142 Å². The number of nitrogens with zero attached hydrogens (tertiary/aromatic N) is 4. The van der Waals surface area contributed by atoms with Crippen molar-refractivity contribution < 1.29 is 27.6 Å². The summed E-state index contributed by atoms with van der Waals surface area (Å²) in [5, 5.41) is 20.5. The van der Waals surface area contributed by atoms with Crippen molar-refractivity contribution in [1.29, 1.82) is 0 Å². The van der Waals surface area contributed by atoms with Gasteiger partial charge in [0.15, 0.2) is 11.9 Å². The van der Waals surface area contributed by atoms with Gasteiger partial charge < -0.3 is 14.9 Å². The first-order valence-corrected chi connectivity index (χ1v) is 9.94. The highest BCUT2D eigenvalue weighted by Crippen LogP contribution is 2.34. The Morgan fingerprint density at radius 1 is 1.42 bits per heavy atom. The molecule has 0 unspecified atom stereocenters. The lowest BCUT2D eigenvalue weighted by molar-refractivity contribution is -0.0502. The van der Waals surface area contributed by atoms with E-state index in [1.165, 1.54) is 29.0 Å². The molecule has 24 heavy (non-hydrogen) atoms. The fourth-order valence-corrected chi connectivity index (χ4v) is 3.71. The predicted molar refractivity (Wildman–Crippen MR) is 83.8 cm³/mol. The zero-order chi connectivity index (χ0) is 17.5. The van der Waals surface area contributed by atoms with E-state index >= 15 is 0 Å². The first-order valence-electron chi connectivity index (χ1n) is 6.90. The van der Waals surface area contributed by atoms with Crippen molar-refractivity contribution in [3.63, 3.8) is 0 Å². The summed E-state index contributed by atoms with van der Waals surface area (Å²) in [6, 6.07) is 0. The van der Waals surface area contributed by atoms with Crippen LogP contribution in [-0.4, -0.2) is 75.6 Å². The van der Waals surface area contributed by atoms with E-state index in [1.54, 1.807) is 0 Å². The largest absolute Gasteiger partial charge is 0.394 e. The second-order valence-corrected chi connectivity index (χ2v) is 7.61. The molecule has 12 heteroatoms. The summed E-state index contributed by atoms with van der Waals surface area (Å²) in [5.41, 5.74) is 0.962. The molecule has 132 valence electrons. The number of aliphatic hydroxyl groups excluding tert-OH is 2. The number of aromatic nitrogens is 4. The molecule has 0 aliphatic carbocycles. The highest BCUT2D eigenvalue weighted by Gasteiger charge is 2.47. The van der Waals surface area contributed by atoms with Gasteiger partial charge in [0.05, 0.1) is 19.2 Å². The second kappa shape index (κ2) is 6.54. The summed E-state index contributed by atoms with van der Waals surface area (Å²) in [4.78, 5) is 12.5. The Bertz CT molecular complexity index is 841. The molecule has 1 aliphatic heterocycles. The first kappa shape index (κ1) is 17.5. The zero-order valence-electron chi connectivity index (χ0n) is 12.8. The quantitative estimate of drug-likeness (QED) is 0.385. The molecule has 4 atom stereocenters. The van der Waals surface area contributed by atoms with E-state index in [-0.39, 0.29) is 0 Å². The Morgan fingerprint density at radius 3 is 2.79 bits per heavy atom. The average molecular weight is 376 g/mol. The normalized spacial score (nSPS) is 27.8. The highest BCUT2D eigenvalue weighted by molar-refractivity contribution is 7.98. The molecule has 0 aromatic carbocycles. The van der Waals surface area contributed by atoms with Crippen molar-refractivity contribution >= 4 is 33.0 Å². The monoisotopic (exact) mass is 376 g/mol. The number of fused-ring (bicyclic) bond motifs is 1. The topological polar surface area (TPSA) is 137 Å². The minimum absolute atomic E-state index is 0.426. The molecule has 1 fully saturated rings. The fraction of sp³-hybridized carbons (Fsp3) is 0.583. The Kier molecular flexibility index (Phi) is 4.77. The van der Waals surface area contributed by atoms with Crippen LogP contribution in [0.5, 0.6) is 0 Å². The molecule has 3 rings (SSSR count). The maximum atomic E-state index is 11.4. The van der Waals surface area contributed by atoms with Gasteiger partial charge in [0, 0.05) is 0 Å². The standard InChI is InChI=1S/C12H16N4O6S2/c1-23-11-7-10(13-4-14-11)16(5-15-7)12-8(18)9(6(3-17)21-12)22-24(2,19)20/h4-6,8-9,12,17-18H,3H2,1-2H3/t6-,8-,9+,12-/m1/s1. The van der Waals surface area contributed by atoms with Crippen LogP contribution >= 0.6 is 11.8 Å². The number of ether oxygens (including phenoxy) is 1. The summed E-state index contributed by atoms with van der Waals surface area (Å²) < 4.78 is 34.6. The maximum Gasteiger partial charge on any atom is 0.264 e. The third kappa shape index (κ3) is 3.12. The molecule has 0 amide bonds. The lowest BCUT2D eigenvalue weighted by atomic mass is 10.1. The summed E-state index contributed by atoms with van der Waals surface area (Å²) in [7, 11) is -3.83. The van der Waals surface area contributed by atoms with Gasteiger partial charge in [-0.2, -0.15) is 8.42 Å². The molecular formula is C12H16N4O6S2. The molecule has 1 aliphatic rings. The van der Waals surface area contributed by atoms with Crippen LogP contribution in [0, 0.1) is 0 Å². The third-order valence-electron chi connectivity index (χ3n) is 3.57. The molecule has 2 aromatic rings. The number of aliphatic hydroxyl groups is 2. The number of imidazole rings is 1. The number of hydrogen-bond donors (Lipinski definition) is 2. The molecule has 1 saturated heterocycles. The van der Waals surface area contributed by atoms with Gasteiger partial charge in [0.25, 0.3) is 10.1 Å². The van der Waals surface area contributed by atoms with E-state index < -0.39 is 41.3 Å². The molecule has 10 nitrogen and oxygen atoms in total. The van der Waals surface area contributed by atoms with Gasteiger partial charge in [-0.3, -0.25) is 8.75 Å². The van der Waals surface area contributed by atoms with Gasteiger partial charge in [-0.25, -0.2) is 15.0 Å². The molecule has 0 bridgehead atoms. The van der Waals surface area contributed by atoms with Gasteiger partial charge in [-0.1, -0.05) is 0 Å². The summed E-state index contributed by atoms with van der Waals surface area (Å²) in [6.07, 6.45) is 0.941. The Morgan fingerprint density at radius 2 is 2.17 bits per heavy atom. The van der Waals surface area contributed by atoms with Crippen LogP contribution in [0.4, 0.5) is 0 Å². The van der Waals surface area contributed by atoms with E-state index in [4.69, 9.17) is 8.92 Å². The molecule has 2 N–H and O–H groups in total. The SMILES string of the molecule is CSc1ncnc2c1ncn2[C@@H]1O[C@H](CO)[C@H](OS(C)(=O)=O)[C@H]1O. The Hall–Kier alpha value is -1.31. The van der Waals surface area contributed by atoms with Gasteiger partial charge in [0.2, 0.25) is 0 Å².